The summed E-state index contributed by atoms with van der Waals surface area (Å²) >= 11 is 7.27. The molecule has 0 aliphatic carbocycles. The molecule has 4 nitrogen and oxygen atoms in total. The average molecular weight is 385 g/mol. The number of carbonyl (C=O) groups excluding carboxylic acids is 2. The molecule has 6 heteroatoms. The van der Waals surface area contributed by atoms with Crippen molar-refractivity contribution in [3.63, 3.8) is 0 Å². The molecule has 1 fully saturated rings. The van der Waals surface area contributed by atoms with Crippen molar-refractivity contribution >= 4 is 40.8 Å². The van der Waals surface area contributed by atoms with E-state index < -0.39 is 4.87 Å². The first-order chi connectivity index (χ1) is 12.4. The number of fused-ring (bicyclic) bond motifs is 4. The molecule has 1 aromatic rings. The number of allylic oxidation sites excluding steroid dienone is 2. The molecule has 3 unspecified atom stereocenters. The van der Waals surface area contributed by atoms with Crippen molar-refractivity contribution in [1.82, 2.24) is 9.80 Å². The fourth-order valence-corrected chi connectivity index (χ4v) is 6.19. The van der Waals surface area contributed by atoms with Crippen molar-refractivity contribution in [2.75, 3.05) is 0 Å². The molecule has 3 heterocycles. The third-order valence-corrected chi connectivity index (χ3v) is 7.17. The van der Waals surface area contributed by atoms with Crippen LogP contribution in [0.15, 0.2) is 48.2 Å². The maximum Gasteiger partial charge on any atom is 0.240 e. The first-order valence-corrected chi connectivity index (χ1v) is 10.0. The maximum absolute atomic E-state index is 13.0. The molecule has 1 aromatic carbocycles. The molecule has 3 aliphatic heterocycles. The summed E-state index contributed by atoms with van der Waals surface area (Å²) in [5.74, 6) is 0.0469. The van der Waals surface area contributed by atoms with Crippen LogP contribution in [0.2, 0.25) is 0 Å². The number of amides is 2. The van der Waals surface area contributed by atoms with E-state index in [4.69, 9.17) is 12.2 Å². The van der Waals surface area contributed by atoms with Gasteiger partial charge in [0.15, 0.2) is 0 Å². The largest absolute Gasteiger partial charge is 0.308 e. The number of hydrogen-bond donors (Lipinski definition) is 0. The van der Waals surface area contributed by atoms with Crippen molar-refractivity contribution in [3.05, 3.63) is 59.3 Å². The van der Waals surface area contributed by atoms with Crippen LogP contribution < -0.4 is 0 Å². The Balaban J connectivity index is 2.01. The van der Waals surface area contributed by atoms with Crippen LogP contribution in [0.25, 0.3) is 0 Å². The molecule has 0 N–H and O–H groups in total. The Morgan fingerprint density at radius 2 is 2.08 bits per heavy atom. The van der Waals surface area contributed by atoms with E-state index in [0.717, 1.165) is 16.7 Å². The predicted molar refractivity (Wildman–Crippen MR) is 108 cm³/mol. The topological polar surface area (TPSA) is 40.6 Å². The highest BCUT2D eigenvalue weighted by molar-refractivity contribution is 8.01. The van der Waals surface area contributed by atoms with E-state index in [1.807, 2.05) is 57.3 Å². The molecular weight excluding hydrogens is 364 g/mol. The Morgan fingerprint density at radius 1 is 1.35 bits per heavy atom. The van der Waals surface area contributed by atoms with E-state index in [0.29, 0.717) is 11.4 Å². The lowest BCUT2D eigenvalue weighted by Crippen LogP contribution is -2.63. The Bertz CT molecular complexity index is 892. The van der Waals surface area contributed by atoms with Gasteiger partial charge in [0, 0.05) is 23.7 Å². The fraction of sp³-hybridized carbons (Fsp3) is 0.350. The molecule has 134 valence electrons. The van der Waals surface area contributed by atoms with Gasteiger partial charge in [-0.1, -0.05) is 55.1 Å². The van der Waals surface area contributed by atoms with Gasteiger partial charge >= 0.3 is 0 Å². The third kappa shape index (κ3) is 2.18. The van der Waals surface area contributed by atoms with Crippen LogP contribution in [0.1, 0.15) is 38.3 Å². The van der Waals surface area contributed by atoms with Crippen molar-refractivity contribution in [1.29, 1.82) is 0 Å². The number of thioether (sulfide) groups is 1. The summed E-state index contributed by atoms with van der Waals surface area (Å²) in [6.07, 6.45) is 6.23. The van der Waals surface area contributed by atoms with E-state index in [-0.39, 0.29) is 23.1 Å². The van der Waals surface area contributed by atoms with Gasteiger partial charge in [0.1, 0.15) is 9.86 Å². The zero-order valence-corrected chi connectivity index (χ0v) is 16.6. The number of rotatable bonds is 1. The molecule has 0 radical (unpaired) electrons. The molecule has 2 amide bonds. The molecule has 3 aliphatic rings. The summed E-state index contributed by atoms with van der Waals surface area (Å²) in [5, 5.41) is -0.274. The van der Waals surface area contributed by atoms with Crippen LogP contribution in [-0.4, -0.2) is 37.9 Å². The van der Waals surface area contributed by atoms with Gasteiger partial charge in [0.2, 0.25) is 11.8 Å². The molecule has 0 bridgehead atoms. The summed E-state index contributed by atoms with van der Waals surface area (Å²) in [6.45, 7) is 5.77. The van der Waals surface area contributed by atoms with Crippen LogP contribution in [0.4, 0.5) is 0 Å². The fourth-order valence-electron chi connectivity index (χ4n) is 4.03. The first kappa shape index (κ1) is 17.5. The van der Waals surface area contributed by atoms with E-state index in [9.17, 15) is 9.59 Å². The minimum absolute atomic E-state index is 0.0131. The Kier molecular flexibility index (Phi) is 4.08. The minimum atomic E-state index is -0.722. The van der Waals surface area contributed by atoms with Crippen molar-refractivity contribution in [3.8, 4) is 0 Å². The monoisotopic (exact) mass is 384 g/mol. The van der Waals surface area contributed by atoms with Gasteiger partial charge in [-0.05, 0) is 19.9 Å². The second kappa shape index (κ2) is 6.06. The van der Waals surface area contributed by atoms with Gasteiger partial charge in [0.25, 0.3) is 0 Å². The highest BCUT2D eigenvalue weighted by Crippen LogP contribution is 2.56. The summed E-state index contributed by atoms with van der Waals surface area (Å²) < 4.78 is 0. The number of benzene rings is 1. The number of carbonyl (C=O) groups is 2. The van der Waals surface area contributed by atoms with Gasteiger partial charge in [-0.2, -0.15) is 0 Å². The zero-order valence-electron chi connectivity index (χ0n) is 14.9. The molecular formula is C20H20N2O2S2. The summed E-state index contributed by atoms with van der Waals surface area (Å²) in [5.41, 5.74) is 3.01. The minimum Gasteiger partial charge on any atom is -0.308 e. The molecule has 4 rings (SSSR count). The van der Waals surface area contributed by atoms with E-state index in [2.05, 4.69) is 6.08 Å². The molecule has 1 saturated heterocycles. The third-order valence-electron chi connectivity index (χ3n) is 5.21. The number of nitrogens with zero attached hydrogens (tertiary/aromatic N) is 2. The molecule has 26 heavy (non-hydrogen) atoms. The summed E-state index contributed by atoms with van der Waals surface area (Å²) in [7, 11) is 0. The second-order valence-corrected chi connectivity index (χ2v) is 8.76. The van der Waals surface area contributed by atoms with E-state index in [1.54, 1.807) is 9.80 Å². The lowest BCUT2D eigenvalue weighted by Gasteiger charge is -2.52. The van der Waals surface area contributed by atoms with Crippen molar-refractivity contribution in [2.45, 2.75) is 43.4 Å². The van der Waals surface area contributed by atoms with Gasteiger partial charge in [0.05, 0.1) is 11.3 Å². The van der Waals surface area contributed by atoms with Crippen LogP contribution >= 0.6 is 24.0 Å². The zero-order chi connectivity index (χ0) is 18.6. The van der Waals surface area contributed by atoms with Gasteiger partial charge in [-0.25, -0.2) is 0 Å². The Morgan fingerprint density at radius 3 is 2.81 bits per heavy atom. The van der Waals surface area contributed by atoms with Crippen LogP contribution in [0.3, 0.4) is 0 Å². The Labute approximate surface area is 162 Å². The number of thiocarbonyl (C=S) groups is 1. The van der Waals surface area contributed by atoms with Gasteiger partial charge in [-0.15, -0.1) is 11.8 Å². The summed E-state index contributed by atoms with van der Waals surface area (Å²) in [6, 6.07) is 7.66. The Hall–Kier alpha value is -1.92. The average Bonchev–Trinajstić information content (AvgIpc) is 2.89. The molecule has 3 atom stereocenters. The molecule has 0 saturated carbocycles. The SMILES string of the molecule is CCC(=O)N1C(=S)c2ccccc2C12SC(C)C(=O)N1C=CC(C)=CC12. The van der Waals surface area contributed by atoms with Gasteiger partial charge < -0.3 is 4.90 Å². The standard InChI is InChI=1S/C20H20N2O2S2/c1-4-17(23)22-19(25)14-7-5-6-8-15(14)20(22)16-11-12(2)9-10-21(16)18(24)13(3)26-20/h5-11,13,16H,4H2,1-3H3. The van der Waals surface area contributed by atoms with Crippen LogP contribution in [-0.2, 0) is 14.5 Å². The molecule has 1 spiro atoms. The predicted octanol–water partition coefficient (Wildman–Crippen LogP) is 3.57. The maximum atomic E-state index is 13.0. The van der Waals surface area contributed by atoms with Crippen molar-refractivity contribution in [2.24, 2.45) is 0 Å². The smallest absolute Gasteiger partial charge is 0.240 e. The normalized spacial score (nSPS) is 29.7. The highest BCUT2D eigenvalue weighted by Gasteiger charge is 2.61. The van der Waals surface area contributed by atoms with Gasteiger partial charge in [-0.3, -0.25) is 14.5 Å². The lowest BCUT2D eigenvalue weighted by atomic mass is 9.92. The van der Waals surface area contributed by atoms with E-state index in [1.165, 1.54) is 11.8 Å². The van der Waals surface area contributed by atoms with E-state index >= 15 is 0 Å². The first-order valence-electron chi connectivity index (χ1n) is 8.75. The van der Waals surface area contributed by atoms with Crippen LogP contribution in [0, 0.1) is 0 Å². The second-order valence-electron chi connectivity index (χ2n) is 6.81. The highest BCUT2D eigenvalue weighted by atomic mass is 32.2. The van der Waals surface area contributed by atoms with Crippen LogP contribution in [0.5, 0.6) is 0 Å². The summed E-state index contributed by atoms with van der Waals surface area (Å²) in [4.78, 5) is 29.2. The lowest BCUT2D eigenvalue weighted by molar-refractivity contribution is -0.136. The quantitative estimate of drug-likeness (QED) is 0.694. The van der Waals surface area contributed by atoms with Crippen molar-refractivity contribution < 1.29 is 9.59 Å². The molecule has 0 aromatic heterocycles. The number of hydrogen-bond acceptors (Lipinski definition) is 4.